The van der Waals surface area contributed by atoms with Gasteiger partial charge in [-0.2, -0.15) is 0 Å². The van der Waals surface area contributed by atoms with Crippen molar-refractivity contribution in [1.29, 1.82) is 0 Å². The average molecular weight is 83.1 g/mol. The van der Waals surface area contributed by atoms with Crippen molar-refractivity contribution in [1.82, 2.24) is 0 Å². The van der Waals surface area contributed by atoms with Crippen molar-refractivity contribution < 1.29 is 9.79 Å². The normalized spacial score (nSPS) is 17.0. The minimum Gasteiger partial charge on any atom is -0.243 e. The maximum atomic E-state index is 9.93. The van der Waals surface area contributed by atoms with Crippen LogP contribution in [0.3, 0.4) is 0 Å². The number of carbonyl (C=O) groups excluding carboxylic acids is 1. The topological polar surface area (TPSA) is 43.4 Å². The van der Waals surface area contributed by atoms with Crippen LogP contribution < -0.4 is 4.99 Å². The van der Waals surface area contributed by atoms with Crippen LogP contribution in [0.25, 0.3) is 0 Å². The molecule has 0 saturated carbocycles. The third-order valence-corrected chi connectivity index (χ3v) is 0.473. The van der Waals surface area contributed by atoms with Crippen LogP contribution in [0.5, 0.6) is 0 Å². The second kappa shape index (κ2) is 1.01. The largest absolute Gasteiger partial charge is 0.413 e. The number of hydrogen-bond donors (Lipinski definition) is 1. The molecule has 0 aromatic carbocycles. The van der Waals surface area contributed by atoms with Crippen molar-refractivity contribution in [3.8, 4) is 0 Å². The summed E-state index contributed by atoms with van der Waals surface area (Å²) in [5, 5.41) is 0. The molecule has 6 heavy (non-hydrogen) atoms. The number of carbonyl (C=O) groups is 1. The van der Waals surface area contributed by atoms with Gasteiger partial charge in [-0.3, -0.25) is 0 Å². The number of rotatable bonds is 0. The fourth-order valence-corrected chi connectivity index (χ4v) is 0.247. The number of nitrogens with one attached hydrogen (secondary N) is 1. The van der Waals surface area contributed by atoms with Gasteiger partial charge in [-0.15, -0.1) is 0 Å². The van der Waals surface area contributed by atoms with E-state index in [1.807, 2.05) is 0 Å². The van der Waals surface area contributed by atoms with Crippen LogP contribution in [-0.2, 0) is 4.79 Å². The van der Waals surface area contributed by atoms with Gasteiger partial charge in [0, 0.05) is 0 Å². The Hall–Kier alpha value is -0.990. The molecule has 1 rings (SSSR count). The molecule has 0 atom stereocenters. The molecule has 1 aliphatic rings. The summed E-state index contributed by atoms with van der Waals surface area (Å²) in [5.74, 6) is -0.213. The second-order valence-electron chi connectivity index (χ2n) is 0.907. The molecule has 0 bridgehead atoms. The number of aliphatic imine (C=N–C) groups is 1. The molecule has 0 radical (unpaired) electrons. The van der Waals surface area contributed by atoms with Gasteiger partial charge in [-0.1, -0.05) is 0 Å². The molecule has 0 aromatic rings. The molecule has 0 aromatic heterocycles. The lowest BCUT2D eigenvalue weighted by Crippen LogP contribution is -2.64. The van der Waals surface area contributed by atoms with E-state index in [0.29, 0.717) is 0 Å². The molecule has 0 saturated heterocycles. The van der Waals surface area contributed by atoms with Gasteiger partial charge < -0.3 is 0 Å². The van der Waals surface area contributed by atoms with Gasteiger partial charge >= 0.3 is 5.91 Å². The molecule has 3 heteroatoms. The number of nitrogens with zero attached hydrogens (tertiary/aromatic N) is 1. The van der Waals surface area contributed by atoms with Gasteiger partial charge in [0.25, 0.3) is 6.34 Å². The van der Waals surface area contributed by atoms with E-state index in [1.54, 1.807) is 0 Å². The quantitative estimate of drug-likeness (QED) is 0.352. The average Bonchev–Trinajstić information content (AvgIpc) is 1.86. The van der Waals surface area contributed by atoms with E-state index in [-0.39, 0.29) is 5.91 Å². The van der Waals surface area contributed by atoms with Crippen LogP contribution in [0.1, 0.15) is 0 Å². The SMILES string of the molecule is O=C1C=[NH+]C=N1. The monoisotopic (exact) mass is 83.0 g/mol. The number of hydrogen-bond acceptors (Lipinski definition) is 1. The maximum Gasteiger partial charge on any atom is 0.413 e. The zero-order valence-corrected chi connectivity index (χ0v) is 3.01. The Kier molecular flexibility index (Phi) is 0.538. The van der Waals surface area contributed by atoms with E-state index in [0.717, 1.165) is 0 Å². The highest BCUT2D eigenvalue weighted by molar-refractivity contribution is 6.27. The molecule has 1 N–H and O–H groups in total. The van der Waals surface area contributed by atoms with Crippen LogP contribution >= 0.6 is 0 Å². The standard InChI is InChI=1S/C3H2N2O/c6-3-1-4-2-5-3/h1-2H/p+1. The third kappa shape index (κ3) is 0.337. The summed E-state index contributed by atoms with van der Waals surface area (Å²) in [6.45, 7) is 0. The van der Waals surface area contributed by atoms with Crippen LogP contribution in [0, 0.1) is 0 Å². The van der Waals surface area contributed by atoms with Crippen LogP contribution in [0.4, 0.5) is 0 Å². The molecule has 1 amide bonds. The van der Waals surface area contributed by atoms with Gasteiger partial charge in [-0.25, -0.2) is 9.79 Å². The zero-order chi connectivity index (χ0) is 4.41. The highest BCUT2D eigenvalue weighted by Crippen LogP contribution is 1.60. The Morgan fingerprint density at radius 3 is 2.83 bits per heavy atom. The molecule has 1 heterocycles. The summed E-state index contributed by atoms with van der Waals surface area (Å²) in [5.41, 5.74) is 0. The maximum absolute atomic E-state index is 9.93. The summed E-state index contributed by atoms with van der Waals surface area (Å²) in [6.07, 6.45) is 2.64. The minimum absolute atomic E-state index is 0.213. The Balaban J connectivity index is 2.86. The minimum atomic E-state index is -0.213. The van der Waals surface area contributed by atoms with Crippen molar-refractivity contribution in [3.05, 3.63) is 0 Å². The van der Waals surface area contributed by atoms with Crippen LogP contribution in [0.2, 0.25) is 0 Å². The van der Waals surface area contributed by atoms with E-state index in [2.05, 4.69) is 9.98 Å². The van der Waals surface area contributed by atoms with Crippen molar-refractivity contribution in [3.63, 3.8) is 0 Å². The molecule has 0 fully saturated rings. The summed E-state index contributed by atoms with van der Waals surface area (Å²) < 4.78 is 0. The summed E-state index contributed by atoms with van der Waals surface area (Å²) >= 11 is 0. The van der Waals surface area contributed by atoms with E-state index in [9.17, 15) is 4.79 Å². The van der Waals surface area contributed by atoms with Crippen molar-refractivity contribution in [2.45, 2.75) is 0 Å². The van der Waals surface area contributed by atoms with E-state index in [4.69, 9.17) is 0 Å². The summed E-state index contributed by atoms with van der Waals surface area (Å²) in [6, 6.07) is 0. The Morgan fingerprint density at radius 1 is 1.83 bits per heavy atom. The van der Waals surface area contributed by atoms with Gasteiger partial charge in [0.1, 0.15) is 0 Å². The smallest absolute Gasteiger partial charge is 0.243 e. The second-order valence-corrected chi connectivity index (χ2v) is 0.907. The Bertz CT molecular complexity index is 111. The molecule has 0 spiro atoms. The zero-order valence-electron chi connectivity index (χ0n) is 3.01. The third-order valence-electron chi connectivity index (χ3n) is 0.473. The fourth-order valence-electron chi connectivity index (χ4n) is 0.247. The summed E-state index contributed by atoms with van der Waals surface area (Å²) in [7, 11) is 0. The lowest BCUT2D eigenvalue weighted by Gasteiger charge is -1.47. The molecule has 30 valence electrons. The number of amides is 1. The Morgan fingerprint density at radius 2 is 2.67 bits per heavy atom. The van der Waals surface area contributed by atoms with Crippen molar-refractivity contribution >= 4 is 18.5 Å². The lowest BCUT2D eigenvalue weighted by atomic mass is 10.7. The van der Waals surface area contributed by atoms with Gasteiger partial charge in [0.2, 0.25) is 0 Å². The van der Waals surface area contributed by atoms with Crippen LogP contribution in [0.15, 0.2) is 4.99 Å². The first kappa shape index (κ1) is 3.21. The van der Waals surface area contributed by atoms with Crippen molar-refractivity contribution in [2.24, 2.45) is 4.99 Å². The molecule has 0 unspecified atom stereocenters. The lowest BCUT2D eigenvalue weighted by molar-refractivity contribution is -0.292. The predicted molar refractivity (Wildman–Crippen MR) is 20.5 cm³/mol. The first-order valence-electron chi connectivity index (χ1n) is 1.55. The highest BCUT2D eigenvalue weighted by Gasteiger charge is 2.03. The predicted octanol–water partition coefficient (Wildman–Crippen LogP) is -2.29. The van der Waals surface area contributed by atoms with E-state index in [1.165, 1.54) is 12.6 Å². The molecule has 1 aliphatic heterocycles. The van der Waals surface area contributed by atoms with Gasteiger partial charge in [0.05, 0.1) is 0 Å². The van der Waals surface area contributed by atoms with Crippen LogP contribution in [-0.4, -0.2) is 18.5 Å². The Labute approximate surface area is 34.4 Å². The first-order valence-corrected chi connectivity index (χ1v) is 1.55. The molecule has 0 aliphatic carbocycles. The van der Waals surface area contributed by atoms with Crippen molar-refractivity contribution in [2.75, 3.05) is 0 Å². The van der Waals surface area contributed by atoms with E-state index >= 15 is 0 Å². The molecule has 3 nitrogen and oxygen atoms in total. The highest BCUT2D eigenvalue weighted by atomic mass is 16.1. The molecular formula is C3H3N2O+. The molecular weight excluding hydrogens is 80.0 g/mol. The fraction of sp³-hybridized carbons (Fsp3) is 0. The first-order chi connectivity index (χ1) is 2.89. The van der Waals surface area contributed by atoms with Gasteiger partial charge in [-0.05, 0) is 4.99 Å². The van der Waals surface area contributed by atoms with Gasteiger partial charge in [0.15, 0.2) is 6.21 Å². The van der Waals surface area contributed by atoms with E-state index < -0.39 is 0 Å². The summed E-state index contributed by atoms with van der Waals surface area (Å²) in [4.78, 5) is 15.7.